The highest BCUT2D eigenvalue weighted by atomic mass is 19.4. The zero-order valence-corrected chi connectivity index (χ0v) is 20.7. The molecule has 3 saturated carbocycles. The van der Waals surface area contributed by atoms with Crippen molar-refractivity contribution in [1.82, 2.24) is 5.32 Å². The summed E-state index contributed by atoms with van der Waals surface area (Å²) >= 11 is 0. The van der Waals surface area contributed by atoms with Crippen molar-refractivity contribution in [3.8, 4) is 0 Å². The first-order valence-electron chi connectivity index (χ1n) is 12.6. The van der Waals surface area contributed by atoms with Crippen LogP contribution in [0.4, 0.5) is 13.2 Å². The van der Waals surface area contributed by atoms with Gasteiger partial charge >= 0.3 is 6.18 Å². The molecule has 6 atom stereocenters. The van der Waals surface area contributed by atoms with E-state index in [0.717, 1.165) is 56.1 Å². The SMILES string of the molecule is C=C1CC[C@H](O)C/C1=C/C=C1\CCC[C@]2(C)[C@@H]([C@@H](C)CNC(=O)C[C@](C)(O)C(F)(F)F)CC[C@@H]12. The van der Waals surface area contributed by atoms with Crippen molar-refractivity contribution in [2.24, 2.45) is 23.2 Å². The van der Waals surface area contributed by atoms with Crippen LogP contribution >= 0.6 is 0 Å². The van der Waals surface area contributed by atoms with Crippen LogP contribution in [0, 0.1) is 23.2 Å². The Morgan fingerprint density at radius 1 is 1.26 bits per heavy atom. The lowest BCUT2D eigenvalue weighted by Gasteiger charge is -2.44. The molecule has 0 aromatic carbocycles. The molecule has 3 aliphatic rings. The number of rotatable bonds is 6. The third-order valence-corrected chi connectivity index (χ3v) is 8.65. The van der Waals surface area contributed by atoms with Crippen molar-refractivity contribution in [1.29, 1.82) is 0 Å². The smallest absolute Gasteiger partial charge is 0.393 e. The lowest BCUT2D eigenvalue weighted by Crippen LogP contribution is -2.47. The molecule has 3 N–H and O–H groups in total. The van der Waals surface area contributed by atoms with Gasteiger partial charge in [0.15, 0.2) is 5.60 Å². The average molecular weight is 484 g/mol. The van der Waals surface area contributed by atoms with Crippen LogP contribution in [0.3, 0.4) is 0 Å². The monoisotopic (exact) mass is 483 g/mol. The number of alkyl halides is 3. The number of carbonyl (C=O) groups excluding carboxylic acids is 1. The van der Waals surface area contributed by atoms with Gasteiger partial charge in [-0.2, -0.15) is 13.2 Å². The molecule has 3 rings (SSSR count). The fourth-order valence-corrected chi connectivity index (χ4v) is 6.50. The molecule has 0 bridgehead atoms. The minimum Gasteiger partial charge on any atom is -0.393 e. The first kappa shape index (κ1) is 27.0. The molecule has 0 saturated heterocycles. The highest BCUT2D eigenvalue weighted by Gasteiger charge is 2.52. The number of carbonyl (C=O) groups is 1. The first-order chi connectivity index (χ1) is 15.7. The maximum absolute atomic E-state index is 12.9. The van der Waals surface area contributed by atoms with E-state index < -0.39 is 24.1 Å². The largest absolute Gasteiger partial charge is 0.417 e. The van der Waals surface area contributed by atoms with E-state index in [9.17, 15) is 28.2 Å². The van der Waals surface area contributed by atoms with Crippen LogP contribution < -0.4 is 5.32 Å². The second-order valence-electron chi connectivity index (χ2n) is 11.3. The van der Waals surface area contributed by atoms with E-state index in [0.29, 0.717) is 31.7 Å². The number of nitrogens with one attached hydrogen (secondary N) is 1. The van der Waals surface area contributed by atoms with Crippen molar-refractivity contribution >= 4 is 5.91 Å². The van der Waals surface area contributed by atoms with Crippen LogP contribution in [0.5, 0.6) is 0 Å². The van der Waals surface area contributed by atoms with E-state index in [1.165, 1.54) is 5.57 Å². The number of aliphatic hydroxyl groups excluding tert-OH is 1. The predicted octanol–water partition coefficient (Wildman–Crippen LogP) is 5.61. The molecule has 0 spiro atoms. The molecule has 34 heavy (non-hydrogen) atoms. The third kappa shape index (κ3) is 5.78. The fraction of sp³-hybridized carbons (Fsp3) is 0.741. The van der Waals surface area contributed by atoms with Gasteiger partial charge in [-0.15, -0.1) is 0 Å². The molecular formula is C27H40F3NO3. The molecule has 3 aliphatic carbocycles. The number of allylic oxidation sites excluding steroid dienone is 4. The highest BCUT2D eigenvalue weighted by molar-refractivity contribution is 5.77. The summed E-state index contributed by atoms with van der Waals surface area (Å²) in [5.41, 5.74) is 0.752. The Morgan fingerprint density at radius 3 is 2.65 bits per heavy atom. The van der Waals surface area contributed by atoms with Crippen molar-refractivity contribution in [3.63, 3.8) is 0 Å². The summed E-state index contributed by atoms with van der Waals surface area (Å²) in [7, 11) is 0. The second-order valence-corrected chi connectivity index (χ2v) is 11.3. The van der Waals surface area contributed by atoms with Crippen LogP contribution in [0.1, 0.15) is 78.6 Å². The molecule has 1 amide bonds. The minimum absolute atomic E-state index is 0.0906. The highest BCUT2D eigenvalue weighted by Crippen LogP contribution is 2.59. The van der Waals surface area contributed by atoms with E-state index in [4.69, 9.17) is 0 Å². The Morgan fingerprint density at radius 2 is 1.97 bits per heavy atom. The molecule has 4 nitrogen and oxygen atoms in total. The lowest BCUT2D eigenvalue weighted by molar-refractivity contribution is -0.253. The molecule has 0 heterocycles. The van der Waals surface area contributed by atoms with Gasteiger partial charge in [-0.1, -0.05) is 43.7 Å². The van der Waals surface area contributed by atoms with Gasteiger partial charge in [0.25, 0.3) is 0 Å². The van der Waals surface area contributed by atoms with E-state index in [2.05, 4.69) is 37.9 Å². The molecule has 0 aromatic rings. The van der Waals surface area contributed by atoms with Gasteiger partial charge in [-0.05, 0) is 87.0 Å². The summed E-state index contributed by atoms with van der Waals surface area (Å²) in [5, 5.41) is 22.2. The molecule has 0 radical (unpaired) electrons. The van der Waals surface area contributed by atoms with E-state index in [1.54, 1.807) is 0 Å². The summed E-state index contributed by atoms with van der Waals surface area (Å²) in [5.74, 6) is 0.165. The van der Waals surface area contributed by atoms with Crippen molar-refractivity contribution < 1.29 is 28.2 Å². The lowest BCUT2D eigenvalue weighted by atomic mass is 9.61. The minimum atomic E-state index is -4.84. The summed E-state index contributed by atoms with van der Waals surface area (Å²) in [6.45, 7) is 9.48. The van der Waals surface area contributed by atoms with Gasteiger partial charge in [0, 0.05) is 6.54 Å². The van der Waals surface area contributed by atoms with Gasteiger partial charge in [-0.3, -0.25) is 4.79 Å². The third-order valence-electron chi connectivity index (χ3n) is 8.65. The van der Waals surface area contributed by atoms with Crippen molar-refractivity contribution in [2.75, 3.05) is 6.54 Å². The number of amides is 1. The fourth-order valence-electron chi connectivity index (χ4n) is 6.50. The molecule has 0 aliphatic heterocycles. The topological polar surface area (TPSA) is 69.6 Å². The zero-order valence-electron chi connectivity index (χ0n) is 20.7. The quantitative estimate of drug-likeness (QED) is 0.460. The summed E-state index contributed by atoms with van der Waals surface area (Å²) in [6, 6.07) is 0. The van der Waals surface area contributed by atoms with Gasteiger partial charge in [0.05, 0.1) is 12.5 Å². The van der Waals surface area contributed by atoms with Gasteiger partial charge in [0.2, 0.25) is 5.91 Å². The number of fused-ring (bicyclic) bond motifs is 1. The van der Waals surface area contributed by atoms with Gasteiger partial charge in [-0.25, -0.2) is 0 Å². The van der Waals surface area contributed by atoms with Crippen molar-refractivity contribution in [2.45, 2.75) is 96.4 Å². The molecular weight excluding hydrogens is 443 g/mol. The van der Waals surface area contributed by atoms with Crippen LogP contribution in [-0.4, -0.2) is 40.5 Å². The Hall–Kier alpha value is -1.60. The summed E-state index contributed by atoms with van der Waals surface area (Å²) in [4.78, 5) is 12.1. The van der Waals surface area contributed by atoms with Crippen LogP contribution in [0.2, 0.25) is 0 Å². The van der Waals surface area contributed by atoms with E-state index in [-0.39, 0.29) is 17.4 Å². The molecule has 3 fully saturated rings. The Kier molecular flexibility index (Phi) is 8.08. The predicted molar refractivity (Wildman–Crippen MR) is 127 cm³/mol. The zero-order chi connectivity index (χ0) is 25.3. The average Bonchev–Trinajstić information content (AvgIpc) is 3.09. The van der Waals surface area contributed by atoms with Crippen LogP contribution in [-0.2, 0) is 4.79 Å². The molecule has 0 aromatic heterocycles. The van der Waals surface area contributed by atoms with Gasteiger partial charge < -0.3 is 15.5 Å². The number of aliphatic hydroxyl groups is 2. The molecule has 0 unspecified atom stereocenters. The van der Waals surface area contributed by atoms with Crippen LogP contribution in [0.25, 0.3) is 0 Å². The summed E-state index contributed by atoms with van der Waals surface area (Å²) < 4.78 is 38.6. The maximum atomic E-state index is 12.9. The Labute approximate surface area is 201 Å². The number of halogens is 3. The standard InChI is InChI=1S/C27H40F3NO3/c1-17-7-10-21(32)14-20(17)9-8-19-6-5-13-25(3)22(11-12-23(19)25)18(2)16-31-24(33)15-26(4,34)27(28,29)30/h8-9,18,21-23,32,34H,1,5-7,10-16H2,2-4H3,(H,31,33)/b19-8+,20-9-/t18-,21-,22+,23-,25+,26-/m0/s1. The number of hydrogen-bond acceptors (Lipinski definition) is 3. The first-order valence-corrected chi connectivity index (χ1v) is 12.6. The second kappa shape index (κ2) is 10.2. The maximum Gasteiger partial charge on any atom is 0.417 e. The normalized spacial score (nSPS) is 35.2. The van der Waals surface area contributed by atoms with E-state index >= 15 is 0 Å². The molecule has 7 heteroatoms. The van der Waals surface area contributed by atoms with Crippen LogP contribution in [0.15, 0.2) is 35.5 Å². The number of hydrogen-bond donors (Lipinski definition) is 3. The summed E-state index contributed by atoms with van der Waals surface area (Å²) in [6.07, 6.45) is 5.88. The Balaban J connectivity index is 1.64. The van der Waals surface area contributed by atoms with Gasteiger partial charge in [0.1, 0.15) is 0 Å². The van der Waals surface area contributed by atoms with Crippen molar-refractivity contribution in [3.05, 3.63) is 35.5 Å². The van der Waals surface area contributed by atoms with E-state index in [1.807, 2.05) is 0 Å². The molecule has 192 valence electrons. The Bertz CT molecular complexity index is 845.